The quantitative estimate of drug-likeness (QED) is 0.120. The van der Waals surface area contributed by atoms with Gasteiger partial charge in [0.05, 0.1) is 6.04 Å². The Kier molecular flexibility index (Phi) is 12.3. The van der Waals surface area contributed by atoms with Gasteiger partial charge in [0.15, 0.2) is 0 Å². The van der Waals surface area contributed by atoms with E-state index in [0.717, 1.165) is 0 Å². The fraction of sp³-hybridized carbons (Fsp3) is 0.524. The molecule has 0 heterocycles. The van der Waals surface area contributed by atoms with E-state index in [1.54, 1.807) is 12.1 Å². The molecule has 1 rings (SSSR count). The molecule has 0 fully saturated rings. The molecular weight excluding hydrogens is 450 g/mol. The van der Waals surface area contributed by atoms with Crippen LogP contribution in [0, 0.1) is 0 Å². The molecule has 4 atom stereocenters. The number of aromatic hydroxyl groups is 1. The fourth-order valence-corrected chi connectivity index (χ4v) is 3.10. The minimum Gasteiger partial charge on any atom is -0.508 e. The van der Waals surface area contributed by atoms with Crippen LogP contribution in [-0.4, -0.2) is 70.4 Å². The van der Waals surface area contributed by atoms with Crippen LogP contribution in [0.3, 0.4) is 0 Å². The number of amides is 3. The molecule has 184 valence electrons. The number of phenols is 1. The number of carbonyl (C=O) groups is 4. The maximum absolute atomic E-state index is 12.9. The number of aliphatic carboxylic acids is 1. The third-order valence-corrected chi connectivity index (χ3v) is 5.23. The van der Waals surface area contributed by atoms with E-state index in [2.05, 4.69) is 28.6 Å². The summed E-state index contributed by atoms with van der Waals surface area (Å²) in [6.07, 6.45) is 1.85. The number of nitrogens with one attached hydrogen (secondary N) is 3. The minimum absolute atomic E-state index is 0.0492. The van der Waals surface area contributed by atoms with Gasteiger partial charge < -0.3 is 37.6 Å². The maximum Gasteiger partial charge on any atom is 0.327 e. The summed E-state index contributed by atoms with van der Waals surface area (Å²) in [5.74, 6) is -3.21. The lowest BCUT2D eigenvalue weighted by atomic mass is 10.0. The Hall–Kier alpha value is -2.83. The molecule has 0 spiro atoms. The van der Waals surface area contributed by atoms with Crippen molar-refractivity contribution in [2.45, 2.75) is 56.8 Å². The Bertz CT molecular complexity index is 807. The fourth-order valence-electron chi connectivity index (χ4n) is 2.86. The van der Waals surface area contributed by atoms with Crippen molar-refractivity contribution in [1.82, 2.24) is 16.0 Å². The van der Waals surface area contributed by atoms with Gasteiger partial charge in [-0.1, -0.05) is 18.6 Å². The van der Waals surface area contributed by atoms with Crippen molar-refractivity contribution in [3.8, 4) is 5.75 Å². The second-order valence-electron chi connectivity index (χ2n) is 7.63. The molecule has 0 aromatic heterocycles. The highest BCUT2D eigenvalue weighted by Gasteiger charge is 2.28. The average Bonchev–Trinajstić information content (AvgIpc) is 2.77. The summed E-state index contributed by atoms with van der Waals surface area (Å²) < 4.78 is 0. The number of carboxylic acid groups (broad SMARTS) is 1. The van der Waals surface area contributed by atoms with Crippen LogP contribution >= 0.6 is 12.6 Å². The number of hydrogen-bond acceptors (Lipinski definition) is 8. The van der Waals surface area contributed by atoms with Gasteiger partial charge in [-0.15, -0.1) is 0 Å². The van der Waals surface area contributed by atoms with Crippen LogP contribution < -0.4 is 27.4 Å². The molecule has 0 aliphatic heterocycles. The first-order chi connectivity index (χ1) is 15.6. The summed E-state index contributed by atoms with van der Waals surface area (Å²) >= 11 is 3.88. The average molecular weight is 484 g/mol. The topological polar surface area (TPSA) is 197 Å². The molecule has 0 bridgehead atoms. The van der Waals surface area contributed by atoms with Crippen LogP contribution in [0.4, 0.5) is 0 Å². The predicted molar refractivity (Wildman–Crippen MR) is 126 cm³/mol. The SMILES string of the molecule is CC(NC(=O)C(Cc1ccc(O)cc1)NC(=O)C(N)CCCCN)C(=O)NC(CS)C(=O)O. The Morgan fingerprint density at radius 2 is 1.58 bits per heavy atom. The van der Waals surface area contributed by atoms with Crippen LogP contribution in [0.25, 0.3) is 0 Å². The number of benzene rings is 1. The third kappa shape index (κ3) is 10.1. The Morgan fingerprint density at radius 1 is 0.970 bits per heavy atom. The van der Waals surface area contributed by atoms with Gasteiger partial charge in [-0.2, -0.15) is 12.6 Å². The lowest BCUT2D eigenvalue weighted by Crippen LogP contribution is -2.57. The van der Waals surface area contributed by atoms with Gasteiger partial charge in [-0.25, -0.2) is 4.79 Å². The van der Waals surface area contributed by atoms with E-state index in [-0.39, 0.29) is 17.9 Å². The number of phenolic OH excluding ortho intramolecular Hbond substituents is 1. The van der Waals surface area contributed by atoms with Gasteiger partial charge in [0.1, 0.15) is 23.9 Å². The highest BCUT2D eigenvalue weighted by molar-refractivity contribution is 7.80. The lowest BCUT2D eigenvalue weighted by molar-refractivity contribution is -0.141. The first kappa shape index (κ1) is 28.2. The molecule has 12 heteroatoms. The zero-order valence-electron chi connectivity index (χ0n) is 18.5. The maximum atomic E-state index is 12.9. The van der Waals surface area contributed by atoms with Crippen molar-refractivity contribution in [3.63, 3.8) is 0 Å². The van der Waals surface area contributed by atoms with Gasteiger partial charge in [0.2, 0.25) is 17.7 Å². The smallest absolute Gasteiger partial charge is 0.327 e. The Balaban J connectivity index is 2.88. The Morgan fingerprint density at radius 3 is 2.12 bits per heavy atom. The van der Waals surface area contributed by atoms with Crippen LogP contribution in [0.15, 0.2) is 24.3 Å². The molecule has 0 saturated carbocycles. The zero-order chi connectivity index (χ0) is 25.0. The van der Waals surface area contributed by atoms with E-state index in [1.165, 1.54) is 19.1 Å². The second kappa shape index (κ2) is 14.3. The van der Waals surface area contributed by atoms with Crippen molar-refractivity contribution < 1.29 is 29.4 Å². The molecule has 0 aliphatic rings. The molecule has 9 N–H and O–H groups in total. The van der Waals surface area contributed by atoms with Crippen LogP contribution in [0.5, 0.6) is 5.75 Å². The van der Waals surface area contributed by atoms with E-state index >= 15 is 0 Å². The molecular formula is C21H33N5O6S. The van der Waals surface area contributed by atoms with E-state index in [0.29, 0.717) is 31.4 Å². The molecule has 0 aliphatic carbocycles. The standard InChI is InChI=1S/C21H33N5O6S/c1-12(18(28)26-17(11-33)21(31)32)24-20(30)16(10-13-5-7-14(27)8-6-13)25-19(29)15(23)4-2-3-9-22/h5-8,12,15-17,27,33H,2-4,9-11,22-23H2,1H3,(H,24,30)(H,25,29)(H,26,28)(H,31,32). The van der Waals surface area contributed by atoms with Crippen molar-refractivity contribution in [3.05, 3.63) is 29.8 Å². The van der Waals surface area contributed by atoms with Gasteiger partial charge in [-0.3, -0.25) is 14.4 Å². The van der Waals surface area contributed by atoms with Gasteiger partial charge in [0.25, 0.3) is 0 Å². The van der Waals surface area contributed by atoms with Crippen LogP contribution in [-0.2, 0) is 25.6 Å². The lowest BCUT2D eigenvalue weighted by Gasteiger charge is -2.23. The molecule has 33 heavy (non-hydrogen) atoms. The predicted octanol–water partition coefficient (Wildman–Crippen LogP) is -1.12. The number of hydrogen-bond donors (Lipinski definition) is 8. The monoisotopic (exact) mass is 483 g/mol. The highest BCUT2D eigenvalue weighted by Crippen LogP contribution is 2.12. The van der Waals surface area contributed by atoms with E-state index < -0.39 is 47.9 Å². The zero-order valence-corrected chi connectivity index (χ0v) is 19.4. The van der Waals surface area contributed by atoms with E-state index in [9.17, 15) is 24.3 Å². The molecule has 0 radical (unpaired) electrons. The van der Waals surface area contributed by atoms with Crippen molar-refractivity contribution in [2.75, 3.05) is 12.3 Å². The molecule has 3 amide bonds. The number of nitrogens with two attached hydrogens (primary N) is 2. The highest BCUT2D eigenvalue weighted by atomic mass is 32.1. The third-order valence-electron chi connectivity index (χ3n) is 4.86. The largest absolute Gasteiger partial charge is 0.508 e. The first-order valence-corrected chi connectivity index (χ1v) is 11.2. The van der Waals surface area contributed by atoms with Gasteiger partial charge in [-0.05, 0) is 44.0 Å². The summed E-state index contributed by atoms with van der Waals surface area (Å²) in [5, 5.41) is 25.9. The number of rotatable bonds is 14. The molecule has 0 saturated heterocycles. The second-order valence-corrected chi connectivity index (χ2v) is 8.00. The van der Waals surface area contributed by atoms with Crippen molar-refractivity contribution in [1.29, 1.82) is 0 Å². The number of unbranched alkanes of at least 4 members (excludes halogenated alkanes) is 1. The summed E-state index contributed by atoms with van der Waals surface area (Å²) in [7, 11) is 0. The van der Waals surface area contributed by atoms with E-state index in [4.69, 9.17) is 16.6 Å². The summed E-state index contributed by atoms with van der Waals surface area (Å²) in [6, 6.07) is 1.93. The molecule has 4 unspecified atom stereocenters. The summed E-state index contributed by atoms with van der Waals surface area (Å²) in [5.41, 5.74) is 12.0. The molecule has 1 aromatic rings. The summed E-state index contributed by atoms with van der Waals surface area (Å²) in [6.45, 7) is 1.87. The molecule has 11 nitrogen and oxygen atoms in total. The normalized spacial score (nSPS) is 14.4. The number of carboxylic acids is 1. The minimum atomic E-state index is -1.25. The molecule has 1 aromatic carbocycles. The van der Waals surface area contributed by atoms with Gasteiger partial charge in [0, 0.05) is 12.2 Å². The van der Waals surface area contributed by atoms with Crippen LogP contribution in [0.1, 0.15) is 31.7 Å². The summed E-state index contributed by atoms with van der Waals surface area (Å²) in [4.78, 5) is 48.8. The number of thiol groups is 1. The Labute approximate surface area is 198 Å². The van der Waals surface area contributed by atoms with Gasteiger partial charge >= 0.3 is 5.97 Å². The van der Waals surface area contributed by atoms with Crippen molar-refractivity contribution in [2.24, 2.45) is 11.5 Å². The number of carbonyl (C=O) groups excluding carboxylic acids is 3. The van der Waals surface area contributed by atoms with Crippen molar-refractivity contribution >= 4 is 36.3 Å². The van der Waals surface area contributed by atoms with Crippen LogP contribution in [0.2, 0.25) is 0 Å². The first-order valence-electron chi connectivity index (χ1n) is 10.6. The van der Waals surface area contributed by atoms with E-state index in [1.807, 2.05) is 0 Å².